The molecule has 0 saturated heterocycles. The molecular weight excluding hydrogens is 262 g/mol. The van der Waals surface area contributed by atoms with Crippen LogP contribution in [0.5, 0.6) is 0 Å². The summed E-state index contributed by atoms with van der Waals surface area (Å²) in [7, 11) is 0. The first-order valence-electron chi connectivity index (χ1n) is 7.28. The third-order valence-electron chi connectivity index (χ3n) is 3.72. The number of rotatable bonds is 4. The first kappa shape index (κ1) is 15.3. The lowest BCUT2D eigenvalue weighted by Gasteiger charge is -2.24. The van der Waals surface area contributed by atoms with E-state index in [0.717, 1.165) is 23.5 Å². The van der Waals surface area contributed by atoms with E-state index in [2.05, 4.69) is 17.3 Å². The second-order valence-electron chi connectivity index (χ2n) is 6.08. The van der Waals surface area contributed by atoms with Crippen LogP contribution in [-0.2, 0) is 0 Å². The quantitative estimate of drug-likeness (QED) is 0.935. The van der Waals surface area contributed by atoms with Gasteiger partial charge in [0.05, 0.1) is 11.4 Å². The number of carbonyl (C=O) groups excluding carboxylic acids is 1. The van der Waals surface area contributed by atoms with Crippen molar-refractivity contribution in [3.8, 4) is 5.69 Å². The topological polar surface area (TPSA) is 46.9 Å². The van der Waals surface area contributed by atoms with Crippen LogP contribution in [0, 0.1) is 13.8 Å². The number of benzene rings is 1. The summed E-state index contributed by atoms with van der Waals surface area (Å²) >= 11 is 0. The molecule has 4 heteroatoms. The van der Waals surface area contributed by atoms with E-state index in [9.17, 15) is 4.79 Å². The molecule has 2 rings (SSSR count). The van der Waals surface area contributed by atoms with Crippen molar-refractivity contribution < 1.29 is 4.79 Å². The minimum absolute atomic E-state index is 0.0400. The molecule has 0 fully saturated rings. The molecular formula is C17H23N3O. The predicted octanol–water partition coefficient (Wildman–Crippen LogP) is 3.41. The summed E-state index contributed by atoms with van der Waals surface area (Å²) in [6.07, 6.45) is 0.891. The van der Waals surface area contributed by atoms with Crippen LogP contribution in [0.1, 0.15) is 48.9 Å². The van der Waals surface area contributed by atoms with Crippen LogP contribution in [0.2, 0.25) is 0 Å². The molecule has 2 aromatic rings. The second-order valence-corrected chi connectivity index (χ2v) is 6.08. The van der Waals surface area contributed by atoms with Crippen LogP contribution in [-0.4, -0.2) is 21.2 Å². The minimum atomic E-state index is -0.189. The fourth-order valence-corrected chi connectivity index (χ4v) is 2.11. The Morgan fingerprint density at radius 1 is 1.24 bits per heavy atom. The van der Waals surface area contributed by atoms with Gasteiger partial charge in [0.15, 0.2) is 0 Å². The number of nitrogens with one attached hydrogen (secondary N) is 1. The fraction of sp³-hybridized carbons (Fsp3) is 0.412. The fourth-order valence-electron chi connectivity index (χ4n) is 2.11. The minimum Gasteiger partial charge on any atom is -0.347 e. The van der Waals surface area contributed by atoms with Crippen molar-refractivity contribution in [1.82, 2.24) is 15.1 Å². The number of aryl methyl sites for hydroxylation is 2. The summed E-state index contributed by atoms with van der Waals surface area (Å²) in [4.78, 5) is 12.2. The Morgan fingerprint density at radius 3 is 2.33 bits per heavy atom. The number of carbonyl (C=O) groups is 1. The summed E-state index contributed by atoms with van der Waals surface area (Å²) in [6, 6.07) is 9.56. The van der Waals surface area contributed by atoms with E-state index in [1.165, 1.54) is 0 Å². The van der Waals surface area contributed by atoms with Gasteiger partial charge in [0.25, 0.3) is 5.91 Å². The number of aromatic nitrogens is 2. The Hall–Kier alpha value is -2.10. The highest BCUT2D eigenvalue weighted by Gasteiger charge is 2.18. The number of hydrogen-bond donors (Lipinski definition) is 1. The van der Waals surface area contributed by atoms with E-state index < -0.39 is 0 Å². The Balaban J connectivity index is 2.19. The van der Waals surface area contributed by atoms with Gasteiger partial charge in [-0.15, -0.1) is 0 Å². The van der Waals surface area contributed by atoms with Gasteiger partial charge in [-0.1, -0.05) is 6.92 Å². The van der Waals surface area contributed by atoms with E-state index in [4.69, 9.17) is 0 Å². The maximum Gasteiger partial charge on any atom is 0.251 e. The summed E-state index contributed by atoms with van der Waals surface area (Å²) in [6.45, 7) is 10.1. The molecule has 0 aliphatic heterocycles. The zero-order valence-electron chi connectivity index (χ0n) is 13.4. The van der Waals surface area contributed by atoms with Crippen LogP contribution in [0.25, 0.3) is 5.69 Å². The van der Waals surface area contributed by atoms with Crippen molar-refractivity contribution in [2.75, 3.05) is 0 Å². The third kappa shape index (κ3) is 3.51. The normalized spacial score (nSPS) is 11.5. The SMILES string of the molecule is CCC(C)(C)NC(=O)c1ccc(-n2nc(C)cc2C)cc1. The highest BCUT2D eigenvalue weighted by Crippen LogP contribution is 2.14. The molecule has 4 nitrogen and oxygen atoms in total. The van der Waals surface area contributed by atoms with Crippen molar-refractivity contribution in [1.29, 1.82) is 0 Å². The van der Waals surface area contributed by atoms with Crippen LogP contribution in [0.15, 0.2) is 30.3 Å². The molecule has 0 radical (unpaired) electrons. The molecule has 0 saturated carbocycles. The van der Waals surface area contributed by atoms with Crippen molar-refractivity contribution >= 4 is 5.91 Å². The van der Waals surface area contributed by atoms with Crippen LogP contribution >= 0.6 is 0 Å². The van der Waals surface area contributed by atoms with Gasteiger partial charge in [-0.3, -0.25) is 4.79 Å². The standard InChI is InChI=1S/C17H23N3O/c1-6-17(4,5)18-16(21)14-7-9-15(10-8-14)20-13(3)11-12(2)19-20/h7-11H,6H2,1-5H3,(H,18,21). The van der Waals surface area contributed by atoms with E-state index in [1.807, 2.05) is 62.7 Å². The molecule has 1 heterocycles. The second kappa shape index (κ2) is 5.72. The average Bonchev–Trinajstić information content (AvgIpc) is 2.77. The van der Waals surface area contributed by atoms with Gasteiger partial charge < -0.3 is 5.32 Å². The van der Waals surface area contributed by atoms with E-state index in [0.29, 0.717) is 5.56 Å². The molecule has 0 bridgehead atoms. The molecule has 0 aliphatic carbocycles. The Kier molecular flexibility index (Phi) is 4.16. The van der Waals surface area contributed by atoms with Gasteiger partial charge in [-0.05, 0) is 64.4 Å². The predicted molar refractivity (Wildman–Crippen MR) is 84.9 cm³/mol. The highest BCUT2D eigenvalue weighted by atomic mass is 16.1. The van der Waals surface area contributed by atoms with Crippen molar-refractivity contribution in [2.45, 2.75) is 46.6 Å². The van der Waals surface area contributed by atoms with Gasteiger partial charge in [0, 0.05) is 16.8 Å². The lowest BCUT2D eigenvalue weighted by atomic mass is 10.0. The zero-order valence-corrected chi connectivity index (χ0v) is 13.4. The van der Waals surface area contributed by atoms with E-state index >= 15 is 0 Å². The largest absolute Gasteiger partial charge is 0.347 e. The monoisotopic (exact) mass is 285 g/mol. The van der Waals surface area contributed by atoms with Crippen molar-refractivity contribution in [2.24, 2.45) is 0 Å². The van der Waals surface area contributed by atoms with Crippen LogP contribution in [0.4, 0.5) is 0 Å². The lowest BCUT2D eigenvalue weighted by Crippen LogP contribution is -2.42. The van der Waals surface area contributed by atoms with Crippen LogP contribution < -0.4 is 5.32 Å². The van der Waals surface area contributed by atoms with Crippen molar-refractivity contribution in [3.05, 3.63) is 47.3 Å². The van der Waals surface area contributed by atoms with Crippen molar-refractivity contribution in [3.63, 3.8) is 0 Å². The Bertz CT molecular complexity index is 639. The van der Waals surface area contributed by atoms with E-state index in [-0.39, 0.29) is 11.4 Å². The molecule has 0 unspecified atom stereocenters. The maximum atomic E-state index is 12.2. The molecule has 1 aromatic heterocycles. The first-order chi connectivity index (χ1) is 9.82. The molecule has 21 heavy (non-hydrogen) atoms. The van der Waals surface area contributed by atoms with Gasteiger partial charge in [-0.2, -0.15) is 5.10 Å². The first-order valence-corrected chi connectivity index (χ1v) is 7.28. The average molecular weight is 285 g/mol. The zero-order chi connectivity index (χ0) is 15.6. The summed E-state index contributed by atoms with van der Waals surface area (Å²) in [5.41, 5.74) is 3.51. The number of amides is 1. The van der Waals surface area contributed by atoms with Crippen LogP contribution in [0.3, 0.4) is 0 Å². The number of hydrogen-bond acceptors (Lipinski definition) is 2. The molecule has 0 atom stereocenters. The van der Waals surface area contributed by atoms with Gasteiger partial charge >= 0.3 is 0 Å². The summed E-state index contributed by atoms with van der Waals surface area (Å²) in [5.74, 6) is -0.0400. The molecule has 0 aliphatic rings. The third-order valence-corrected chi connectivity index (χ3v) is 3.72. The molecule has 1 aromatic carbocycles. The maximum absolute atomic E-state index is 12.2. The van der Waals surface area contributed by atoms with E-state index in [1.54, 1.807) is 0 Å². The molecule has 0 spiro atoms. The Labute approximate surface area is 126 Å². The van der Waals surface area contributed by atoms with Gasteiger partial charge in [-0.25, -0.2) is 4.68 Å². The summed E-state index contributed by atoms with van der Waals surface area (Å²) in [5, 5.41) is 7.48. The molecule has 112 valence electrons. The van der Waals surface area contributed by atoms with Gasteiger partial charge in [0.2, 0.25) is 0 Å². The Morgan fingerprint density at radius 2 is 1.86 bits per heavy atom. The highest BCUT2D eigenvalue weighted by molar-refractivity contribution is 5.94. The lowest BCUT2D eigenvalue weighted by molar-refractivity contribution is 0.0911. The summed E-state index contributed by atoms with van der Waals surface area (Å²) < 4.78 is 1.88. The molecule has 1 N–H and O–H groups in total. The molecule has 1 amide bonds. The van der Waals surface area contributed by atoms with Gasteiger partial charge in [0.1, 0.15) is 0 Å². The number of nitrogens with zero attached hydrogens (tertiary/aromatic N) is 2. The smallest absolute Gasteiger partial charge is 0.251 e.